The molecule has 0 saturated carbocycles. The molecule has 0 N–H and O–H groups in total. The lowest BCUT2D eigenvalue weighted by molar-refractivity contribution is 0.0981. The highest BCUT2D eigenvalue weighted by atomic mass is 16.5. The van der Waals surface area contributed by atoms with E-state index in [0.29, 0.717) is 28.4 Å². The molecular formula is C16H16O4. The third-order valence-corrected chi connectivity index (χ3v) is 3.09. The Bertz CT molecular complexity index is 652. The standard InChI is InChI=1S/C16H16O4/c1-10(17)14-8-12(20-11(14)2)9-15(18)13-6-4-5-7-16(13)19-3/h4-8H,9H2,1-3H3. The van der Waals surface area contributed by atoms with Gasteiger partial charge in [-0.25, -0.2) is 0 Å². The molecule has 0 unspecified atom stereocenters. The lowest BCUT2D eigenvalue weighted by Crippen LogP contribution is -2.05. The second-order valence-corrected chi connectivity index (χ2v) is 4.54. The van der Waals surface area contributed by atoms with Gasteiger partial charge >= 0.3 is 0 Å². The third kappa shape index (κ3) is 2.79. The number of benzene rings is 1. The summed E-state index contributed by atoms with van der Waals surface area (Å²) in [6, 6.07) is 8.67. The summed E-state index contributed by atoms with van der Waals surface area (Å²) in [5.74, 6) is 1.39. The van der Waals surface area contributed by atoms with Gasteiger partial charge in [0.05, 0.1) is 24.7 Å². The zero-order chi connectivity index (χ0) is 14.7. The molecule has 0 aliphatic rings. The maximum atomic E-state index is 12.3. The van der Waals surface area contributed by atoms with E-state index >= 15 is 0 Å². The van der Waals surface area contributed by atoms with Crippen LogP contribution in [0.25, 0.3) is 0 Å². The molecule has 1 aromatic heterocycles. The molecular weight excluding hydrogens is 256 g/mol. The number of ether oxygens (including phenoxy) is 1. The summed E-state index contributed by atoms with van der Waals surface area (Å²) in [6.07, 6.45) is 0.106. The van der Waals surface area contributed by atoms with Crippen LogP contribution in [0.1, 0.15) is 39.2 Å². The maximum Gasteiger partial charge on any atom is 0.174 e. The minimum atomic E-state index is -0.105. The highest BCUT2D eigenvalue weighted by molar-refractivity contribution is 6.00. The Labute approximate surface area is 117 Å². The van der Waals surface area contributed by atoms with Crippen molar-refractivity contribution in [1.29, 1.82) is 0 Å². The number of rotatable bonds is 5. The van der Waals surface area contributed by atoms with Gasteiger partial charge < -0.3 is 9.15 Å². The number of carbonyl (C=O) groups excluding carboxylic acids is 2. The number of para-hydroxylation sites is 1. The molecule has 0 radical (unpaired) electrons. The van der Waals surface area contributed by atoms with E-state index in [1.54, 1.807) is 37.3 Å². The number of aryl methyl sites for hydroxylation is 1. The van der Waals surface area contributed by atoms with Gasteiger partial charge in [-0.1, -0.05) is 12.1 Å². The number of methoxy groups -OCH3 is 1. The van der Waals surface area contributed by atoms with Crippen LogP contribution in [0.3, 0.4) is 0 Å². The van der Waals surface area contributed by atoms with Crippen molar-refractivity contribution in [3.63, 3.8) is 0 Å². The molecule has 0 aliphatic carbocycles. The van der Waals surface area contributed by atoms with Crippen molar-refractivity contribution in [2.24, 2.45) is 0 Å². The van der Waals surface area contributed by atoms with E-state index in [1.807, 2.05) is 0 Å². The van der Waals surface area contributed by atoms with Gasteiger partial charge in [0.25, 0.3) is 0 Å². The molecule has 104 valence electrons. The normalized spacial score (nSPS) is 10.3. The van der Waals surface area contributed by atoms with Crippen LogP contribution in [0.15, 0.2) is 34.7 Å². The first-order chi connectivity index (χ1) is 9.52. The number of hydrogen-bond acceptors (Lipinski definition) is 4. The van der Waals surface area contributed by atoms with E-state index < -0.39 is 0 Å². The third-order valence-electron chi connectivity index (χ3n) is 3.09. The summed E-state index contributed by atoms with van der Waals surface area (Å²) in [5, 5.41) is 0. The lowest BCUT2D eigenvalue weighted by Gasteiger charge is -2.05. The van der Waals surface area contributed by atoms with Gasteiger partial charge in [0.1, 0.15) is 17.3 Å². The summed E-state index contributed by atoms with van der Waals surface area (Å²) in [7, 11) is 1.52. The Morgan fingerprint density at radius 3 is 2.50 bits per heavy atom. The first-order valence-corrected chi connectivity index (χ1v) is 6.29. The fraction of sp³-hybridized carbons (Fsp3) is 0.250. The van der Waals surface area contributed by atoms with E-state index in [2.05, 4.69) is 0 Å². The van der Waals surface area contributed by atoms with Crippen LogP contribution in [0, 0.1) is 6.92 Å². The minimum absolute atomic E-state index is 0.0674. The molecule has 0 bridgehead atoms. The van der Waals surface area contributed by atoms with Crippen LogP contribution in [0.4, 0.5) is 0 Å². The van der Waals surface area contributed by atoms with Crippen molar-refractivity contribution in [2.45, 2.75) is 20.3 Å². The molecule has 4 nitrogen and oxygen atoms in total. The molecule has 20 heavy (non-hydrogen) atoms. The molecule has 0 aliphatic heterocycles. The fourth-order valence-corrected chi connectivity index (χ4v) is 2.11. The first kappa shape index (κ1) is 14.1. The average Bonchev–Trinajstić information content (AvgIpc) is 2.79. The van der Waals surface area contributed by atoms with Gasteiger partial charge in [-0.15, -0.1) is 0 Å². The summed E-state index contributed by atoms with van der Waals surface area (Å²) in [6.45, 7) is 3.19. The number of Topliss-reactive ketones (excluding diaryl/α,β-unsaturated/α-hetero) is 2. The number of carbonyl (C=O) groups is 2. The van der Waals surface area contributed by atoms with E-state index in [4.69, 9.17) is 9.15 Å². The van der Waals surface area contributed by atoms with Crippen molar-refractivity contribution >= 4 is 11.6 Å². The van der Waals surface area contributed by atoms with E-state index in [0.717, 1.165) is 0 Å². The SMILES string of the molecule is COc1ccccc1C(=O)Cc1cc(C(C)=O)c(C)o1. The predicted octanol–water partition coefficient (Wildman–Crippen LogP) is 3.22. The quantitative estimate of drug-likeness (QED) is 0.784. The van der Waals surface area contributed by atoms with Crippen LogP contribution in [0.5, 0.6) is 5.75 Å². The molecule has 0 saturated heterocycles. The molecule has 1 heterocycles. The maximum absolute atomic E-state index is 12.3. The second kappa shape index (κ2) is 5.74. The van der Waals surface area contributed by atoms with Crippen LogP contribution in [0.2, 0.25) is 0 Å². The molecule has 1 aromatic carbocycles. The molecule has 0 atom stereocenters. The molecule has 2 aromatic rings. The molecule has 4 heteroatoms. The number of furan rings is 1. The van der Waals surface area contributed by atoms with Crippen LogP contribution >= 0.6 is 0 Å². The van der Waals surface area contributed by atoms with Crippen LogP contribution in [-0.2, 0) is 6.42 Å². The summed E-state index contributed by atoms with van der Waals surface area (Å²) in [5.41, 5.74) is 1.03. The second-order valence-electron chi connectivity index (χ2n) is 4.54. The molecule has 2 rings (SSSR count). The fourth-order valence-electron chi connectivity index (χ4n) is 2.11. The van der Waals surface area contributed by atoms with Gasteiger partial charge in [-0.3, -0.25) is 9.59 Å². The van der Waals surface area contributed by atoms with Crippen molar-refractivity contribution < 1.29 is 18.7 Å². The van der Waals surface area contributed by atoms with Crippen molar-refractivity contribution in [1.82, 2.24) is 0 Å². The van der Waals surface area contributed by atoms with Crippen LogP contribution < -0.4 is 4.74 Å². The van der Waals surface area contributed by atoms with Crippen molar-refractivity contribution in [3.05, 3.63) is 53.0 Å². The van der Waals surface area contributed by atoms with Gasteiger partial charge in [-0.2, -0.15) is 0 Å². The summed E-state index contributed by atoms with van der Waals surface area (Å²) < 4.78 is 10.6. The lowest BCUT2D eigenvalue weighted by atomic mass is 10.1. The number of ketones is 2. The molecule has 0 amide bonds. The Morgan fingerprint density at radius 2 is 1.90 bits per heavy atom. The zero-order valence-electron chi connectivity index (χ0n) is 11.7. The summed E-state index contributed by atoms with van der Waals surface area (Å²) >= 11 is 0. The van der Waals surface area contributed by atoms with Gasteiger partial charge in [-0.05, 0) is 32.0 Å². The first-order valence-electron chi connectivity index (χ1n) is 6.29. The summed E-state index contributed by atoms with van der Waals surface area (Å²) in [4.78, 5) is 23.6. The van der Waals surface area contributed by atoms with Gasteiger partial charge in [0.15, 0.2) is 11.6 Å². The Balaban J connectivity index is 2.24. The van der Waals surface area contributed by atoms with E-state index in [1.165, 1.54) is 14.0 Å². The van der Waals surface area contributed by atoms with Crippen molar-refractivity contribution in [2.75, 3.05) is 7.11 Å². The highest BCUT2D eigenvalue weighted by Crippen LogP contribution is 2.21. The molecule has 0 fully saturated rings. The Morgan fingerprint density at radius 1 is 1.20 bits per heavy atom. The molecule has 0 spiro atoms. The highest BCUT2D eigenvalue weighted by Gasteiger charge is 2.17. The van der Waals surface area contributed by atoms with Crippen molar-refractivity contribution in [3.8, 4) is 5.75 Å². The predicted molar refractivity (Wildman–Crippen MR) is 74.5 cm³/mol. The smallest absolute Gasteiger partial charge is 0.174 e. The van der Waals surface area contributed by atoms with Gasteiger partial charge in [0.2, 0.25) is 0 Å². The zero-order valence-corrected chi connectivity index (χ0v) is 11.7. The largest absolute Gasteiger partial charge is 0.496 e. The van der Waals surface area contributed by atoms with E-state index in [-0.39, 0.29) is 18.0 Å². The van der Waals surface area contributed by atoms with Gasteiger partial charge in [0, 0.05) is 0 Å². The van der Waals surface area contributed by atoms with Crippen LogP contribution in [-0.4, -0.2) is 18.7 Å². The minimum Gasteiger partial charge on any atom is -0.496 e. The van der Waals surface area contributed by atoms with E-state index in [9.17, 15) is 9.59 Å². The monoisotopic (exact) mass is 272 g/mol. The Hall–Kier alpha value is -2.36. The number of hydrogen-bond donors (Lipinski definition) is 0. The average molecular weight is 272 g/mol. The Kier molecular flexibility index (Phi) is 4.03. The topological polar surface area (TPSA) is 56.5 Å².